The van der Waals surface area contributed by atoms with Crippen molar-refractivity contribution >= 4 is 5.97 Å². The number of nitrogens with zero attached hydrogens (tertiary/aromatic N) is 1. The zero-order chi connectivity index (χ0) is 26.3. The van der Waals surface area contributed by atoms with Gasteiger partial charge in [-0.3, -0.25) is 5.10 Å². The quantitative estimate of drug-likeness (QED) is 0.233. The average Bonchev–Trinajstić information content (AvgIpc) is 3.34. The number of carboxylic acid groups (broad SMARTS) is 1. The van der Waals surface area contributed by atoms with Crippen molar-refractivity contribution in [1.82, 2.24) is 10.2 Å². The van der Waals surface area contributed by atoms with E-state index in [9.17, 15) is 35.4 Å². The Balaban J connectivity index is 1.47. The lowest BCUT2D eigenvalue weighted by atomic mass is 9.97. The maximum Gasteiger partial charge on any atom is 0.354 e. The fraction of sp³-hybridized carbons (Fsp3) is 0.333. The molecule has 0 saturated carbocycles. The molecule has 3 heterocycles. The number of aliphatic hydroxyl groups is 4. The number of hydrogen-bond donors (Lipinski definition) is 7. The summed E-state index contributed by atoms with van der Waals surface area (Å²) in [7, 11) is 0. The molecule has 13 heteroatoms. The summed E-state index contributed by atoms with van der Waals surface area (Å²) >= 11 is 0. The first-order valence-electron chi connectivity index (χ1n) is 11.3. The van der Waals surface area contributed by atoms with E-state index < -0.39 is 43.3 Å². The predicted octanol–water partition coefficient (Wildman–Crippen LogP) is 0.0974. The van der Waals surface area contributed by atoms with Gasteiger partial charge in [0, 0.05) is 17.2 Å². The molecule has 1 saturated heterocycles. The molecule has 2 aliphatic rings. The highest BCUT2D eigenvalue weighted by molar-refractivity contribution is 5.99. The molecule has 0 radical (unpaired) electrons. The van der Waals surface area contributed by atoms with Gasteiger partial charge in [-0.15, -0.1) is 0 Å². The number of carbonyl (C=O) groups is 1. The van der Waals surface area contributed by atoms with Crippen LogP contribution in [-0.2, 0) is 4.74 Å². The lowest BCUT2D eigenvalue weighted by Crippen LogP contribution is -2.60. The van der Waals surface area contributed by atoms with Gasteiger partial charge in [-0.1, -0.05) is 6.07 Å². The third-order valence-electron chi connectivity index (χ3n) is 6.14. The minimum Gasteiger partial charge on any atom is -0.507 e. The van der Waals surface area contributed by atoms with Crippen molar-refractivity contribution < 1.29 is 54.4 Å². The molecule has 13 nitrogen and oxygen atoms in total. The number of aliphatic hydroxyl groups excluding tert-OH is 4. The first-order valence-corrected chi connectivity index (χ1v) is 11.3. The molecule has 5 rings (SSSR count). The third kappa shape index (κ3) is 4.54. The number of ether oxygens (including phenoxy) is 4. The molecule has 1 aromatic heterocycles. The van der Waals surface area contributed by atoms with Gasteiger partial charge in [0.1, 0.15) is 54.8 Å². The molecule has 37 heavy (non-hydrogen) atoms. The third-order valence-corrected chi connectivity index (χ3v) is 6.14. The molecule has 2 aliphatic heterocycles. The summed E-state index contributed by atoms with van der Waals surface area (Å²) < 4.78 is 22.0. The Morgan fingerprint density at radius 3 is 2.49 bits per heavy atom. The number of phenols is 1. The largest absolute Gasteiger partial charge is 0.507 e. The van der Waals surface area contributed by atoms with E-state index in [-0.39, 0.29) is 34.0 Å². The van der Waals surface area contributed by atoms with Gasteiger partial charge in [0.2, 0.25) is 6.29 Å². The number of hydrogen-bond acceptors (Lipinski definition) is 11. The topological polar surface area (TPSA) is 204 Å². The number of phenolic OH excluding ortho intramolecular Hbond substituents is 1. The van der Waals surface area contributed by atoms with Crippen LogP contribution in [0.4, 0.5) is 0 Å². The highest BCUT2D eigenvalue weighted by Crippen LogP contribution is 2.42. The molecule has 0 aliphatic carbocycles. The minimum absolute atomic E-state index is 0.0282. The normalized spacial score (nSPS) is 25.0. The summed E-state index contributed by atoms with van der Waals surface area (Å²) in [5.74, 6) is -0.593. The summed E-state index contributed by atoms with van der Waals surface area (Å²) in [6.45, 7) is 0.120. The van der Waals surface area contributed by atoms with E-state index in [1.165, 1.54) is 18.2 Å². The Labute approximate surface area is 209 Å². The Kier molecular flexibility index (Phi) is 6.62. The second kappa shape index (κ2) is 9.88. The molecule has 0 amide bonds. The fourth-order valence-corrected chi connectivity index (χ4v) is 4.26. The molecule has 7 N–H and O–H groups in total. The highest BCUT2D eigenvalue weighted by Gasteiger charge is 2.44. The van der Waals surface area contributed by atoms with Crippen LogP contribution < -0.4 is 14.2 Å². The van der Waals surface area contributed by atoms with Crippen molar-refractivity contribution in [2.75, 3.05) is 19.8 Å². The molecule has 1 fully saturated rings. The maximum absolute atomic E-state index is 11.9. The number of nitrogens with one attached hydrogen (secondary N) is 1. The average molecular weight is 516 g/mol. The van der Waals surface area contributed by atoms with Gasteiger partial charge in [-0.2, -0.15) is 5.10 Å². The second-order valence-corrected chi connectivity index (χ2v) is 8.48. The zero-order valence-corrected chi connectivity index (χ0v) is 19.1. The van der Waals surface area contributed by atoms with Gasteiger partial charge in [0.15, 0.2) is 17.2 Å². The number of aromatic amines is 1. The molecule has 3 aromatic rings. The molecular weight excluding hydrogens is 492 g/mol. The summed E-state index contributed by atoms with van der Waals surface area (Å²) in [4.78, 5) is 11.9. The Morgan fingerprint density at radius 2 is 1.78 bits per heavy atom. The number of aromatic nitrogens is 2. The van der Waals surface area contributed by atoms with Gasteiger partial charge < -0.3 is 49.6 Å². The molecule has 0 spiro atoms. The van der Waals surface area contributed by atoms with E-state index >= 15 is 0 Å². The number of rotatable bonds is 6. The summed E-state index contributed by atoms with van der Waals surface area (Å²) in [5.41, 5.74) is 0.794. The monoisotopic (exact) mass is 516 g/mol. The van der Waals surface area contributed by atoms with Crippen LogP contribution >= 0.6 is 0 Å². The van der Waals surface area contributed by atoms with Crippen LogP contribution in [-0.4, -0.2) is 97.3 Å². The van der Waals surface area contributed by atoms with Gasteiger partial charge in [-0.05, 0) is 29.8 Å². The van der Waals surface area contributed by atoms with Crippen LogP contribution in [0.3, 0.4) is 0 Å². The smallest absolute Gasteiger partial charge is 0.354 e. The molecule has 196 valence electrons. The van der Waals surface area contributed by atoms with E-state index in [0.717, 1.165) is 0 Å². The number of carboxylic acids is 1. The number of fused-ring (bicyclic) bond motifs is 1. The van der Waals surface area contributed by atoms with Gasteiger partial charge >= 0.3 is 5.97 Å². The molecule has 5 atom stereocenters. The minimum atomic E-state index is -1.63. The van der Waals surface area contributed by atoms with Gasteiger partial charge in [-0.25, -0.2) is 4.79 Å². The fourth-order valence-electron chi connectivity index (χ4n) is 4.26. The standard InChI is InChI=1S/C24H24N2O11/c27-9-16-20(29)21(30)22(31)24(37-16)36-11-2-3-12(13(28)8-11)18-17(19(23(32)33)26-25-18)10-1-4-14-15(7-10)35-6-5-34-14/h1-4,7-8,16,20-22,24,27-31H,5-6,9H2,(H,25,26)(H,32,33)/t16-,20-,21+,22-,24+/m0/s1. The summed E-state index contributed by atoms with van der Waals surface area (Å²) in [6, 6.07) is 8.98. The van der Waals surface area contributed by atoms with Crippen LogP contribution in [0, 0.1) is 0 Å². The van der Waals surface area contributed by atoms with Crippen LogP contribution in [0.1, 0.15) is 10.5 Å². The molecule has 0 unspecified atom stereocenters. The number of aromatic carboxylic acids is 1. The zero-order valence-electron chi connectivity index (χ0n) is 19.1. The van der Waals surface area contributed by atoms with Crippen molar-refractivity contribution in [2.24, 2.45) is 0 Å². The van der Waals surface area contributed by atoms with E-state index in [0.29, 0.717) is 30.3 Å². The van der Waals surface area contributed by atoms with Gasteiger partial charge in [0.25, 0.3) is 0 Å². The Morgan fingerprint density at radius 1 is 1.03 bits per heavy atom. The van der Waals surface area contributed by atoms with Crippen LogP contribution in [0.2, 0.25) is 0 Å². The maximum atomic E-state index is 11.9. The van der Waals surface area contributed by atoms with E-state index in [4.69, 9.17) is 18.9 Å². The van der Waals surface area contributed by atoms with Crippen molar-refractivity contribution in [3.05, 3.63) is 42.1 Å². The summed E-state index contributed by atoms with van der Waals surface area (Å²) in [5, 5.41) is 66.5. The number of H-pyrrole nitrogens is 1. The lowest BCUT2D eigenvalue weighted by Gasteiger charge is -2.39. The predicted molar refractivity (Wildman–Crippen MR) is 123 cm³/mol. The van der Waals surface area contributed by atoms with E-state index in [2.05, 4.69) is 10.2 Å². The summed E-state index contributed by atoms with van der Waals surface area (Å²) in [6.07, 6.45) is -7.42. The molecule has 2 aromatic carbocycles. The van der Waals surface area contributed by atoms with Crippen LogP contribution in [0.5, 0.6) is 23.0 Å². The SMILES string of the molecule is O=C(O)c1[nH]nc(-c2ccc(O[C@@H]3O[C@@H](CO)[C@H](O)[C@@H](O)[C@@H]3O)cc2O)c1-c1ccc2c(c1)OCCO2. The highest BCUT2D eigenvalue weighted by atomic mass is 16.7. The number of aromatic hydroxyl groups is 1. The molecule has 0 bridgehead atoms. The van der Waals surface area contributed by atoms with Crippen molar-refractivity contribution in [2.45, 2.75) is 30.7 Å². The second-order valence-electron chi connectivity index (χ2n) is 8.48. The van der Waals surface area contributed by atoms with E-state index in [1.54, 1.807) is 18.2 Å². The van der Waals surface area contributed by atoms with Crippen molar-refractivity contribution in [3.8, 4) is 45.4 Å². The van der Waals surface area contributed by atoms with E-state index in [1.807, 2.05) is 0 Å². The van der Waals surface area contributed by atoms with Crippen LogP contribution in [0.25, 0.3) is 22.4 Å². The van der Waals surface area contributed by atoms with Crippen LogP contribution in [0.15, 0.2) is 36.4 Å². The van der Waals surface area contributed by atoms with Crippen molar-refractivity contribution in [1.29, 1.82) is 0 Å². The Hall–Kier alpha value is -3.88. The first-order chi connectivity index (χ1) is 17.8. The lowest BCUT2D eigenvalue weighted by molar-refractivity contribution is -0.277. The van der Waals surface area contributed by atoms with Crippen molar-refractivity contribution in [3.63, 3.8) is 0 Å². The molecular formula is C24H24N2O11. The van der Waals surface area contributed by atoms with Gasteiger partial charge in [0.05, 0.1) is 6.61 Å². The number of benzene rings is 2. The Bertz CT molecular complexity index is 1310. The first kappa shape index (κ1) is 24.8.